The summed E-state index contributed by atoms with van der Waals surface area (Å²) in [6.45, 7) is 0.157. The highest BCUT2D eigenvalue weighted by molar-refractivity contribution is 7.13. The van der Waals surface area contributed by atoms with Gasteiger partial charge in [-0.15, -0.1) is 11.3 Å². The Balaban J connectivity index is 1.93. The number of rotatable bonds is 4. The van der Waals surface area contributed by atoms with Gasteiger partial charge < -0.3 is 10.1 Å². The molecule has 1 aromatic heterocycles. The molecule has 2 N–H and O–H groups in total. The molecule has 0 bridgehead atoms. The van der Waals surface area contributed by atoms with Crippen LogP contribution in [0.1, 0.15) is 5.56 Å². The quantitative estimate of drug-likeness (QED) is 0.843. The molecule has 0 aliphatic rings. The van der Waals surface area contributed by atoms with E-state index in [0.717, 1.165) is 5.56 Å². The topological polar surface area (TPSA) is 80.3 Å². The fraction of sp³-hybridized carbons (Fsp3) is 0.154. The molecule has 2 amide bonds. The molecule has 2 aromatic rings. The molecule has 1 heterocycles. The van der Waals surface area contributed by atoms with Gasteiger partial charge in [0.2, 0.25) is 0 Å². The fourth-order valence-electron chi connectivity index (χ4n) is 1.56. The Hall–Kier alpha value is -2.12. The highest BCUT2D eigenvalue weighted by Gasteiger charge is 2.15. The predicted molar refractivity (Wildman–Crippen MR) is 80.6 cm³/mol. The molecule has 0 radical (unpaired) electrons. The number of amides is 2. The molecule has 0 saturated carbocycles. The molecule has 0 aliphatic carbocycles. The van der Waals surface area contributed by atoms with E-state index in [1.165, 1.54) is 24.6 Å². The third-order valence-corrected chi connectivity index (χ3v) is 3.47. The number of methoxy groups -OCH3 is 1. The number of carbonyl (C=O) groups is 2. The Morgan fingerprint density at radius 3 is 2.86 bits per heavy atom. The van der Waals surface area contributed by atoms with E-state index < -0.39 is 11.8 Å². The van der Waals surface area contributed by atoms with Crippen LogP contribution in [0.15, 0.2) is 29.8 Å². The van der Waals surface area contributed by atoms with Crippen LogP contribution in [0, 0.1) is 0 Å². The Bertz CT molecular complexity index is 646. The van der Waals surface area contributed by atoms with Gasteiger partial charge in [0.05, 0.1) is 7.11 Å². The maximum atomic E-state index is 11.7. The van der Waals surface area contributed by atoms with Gasteiger partial charge in [0.25, 0.3) is 0 Å². The van der Waals surface area contributed by atoms with Crippen molar-refractivity contribution in [2.24, 2.45) is 0 Å². The maximum absolute atomic E-state index is 11.7. The van der Waals surface area contributed by atoms with Crippen LogP contribution in [-0.2, 0) is 16.1 Å². The molecule has 0 atom stereocenters. The first-order chi connectivity index (χ1) is 10.1. The van der Waals surface area contributed by atoms with Crippen molar-refractivity contribution in [3.8, 4) is 5.75 Å². The van der Waals surface area contributed by atoms with Crippen LogP contribution in [-0.4, -0.2) is 23.9 Å². The number of hydrogen-bond acceptors (Lipinski definition) is 5. The first-order valence-electron chi connectivity index (χ1n) is 5.91. The van der Waals surface area contributed by atoms with E-state index in [2.05, 4.69) is 15.6 Å². The molecular formula is C13H12ClN3O3S. The smallest absolute Gasteiger partial charge is 0.315 e. The monoisotopic (exact) mass is 325 g/mol. The highest BCUT2D eigenvalue weighted by atomic mass is 35.5. The van der Waals surface area contributed by atoms with E-state index in [0.29, 0.717) is 15.9 Å². The minimum absolute atomic E-state index is 0.157. The van der Waals surface area contributed by atoms with Gasteiger partial charge in [0.15, 0.2) is 5.13 Å². The van der Waals surface area contributed by atoms with E-state index in [1.807, 2.05) is 0 Å². The lowest BCUT2D eigenvalue weighted by molar-refractivity contribution is -0.136. The lowest BCUT2D eigenvalue weighted by atomic mass is 10.2. The second-order valence-corrected chi connectivity index (χ2v) is 5.26. The van der Waals surface area contributed by atoms with Gasteiger partial charge in [-0.2, -0.15) is 0 Å². The summed E-state index contributed by atoms with van der Waals surface area (Å²) in [6, 6.07) is 5.04. The molecule has 0 saturated heterocycles. The SMILES string of the molecule is COc1cc(Cl)ccc1CNC(=O)C(=O)Nc1nccs1. The number of halogens is 1. The second-order valence-electron chi connectivity index (χ2n) is 3.93. The minimum atomic E-state index is -0.766. The second kappa shape index (κ2) is 7.05. The van der Waals surface area contributed by atoms with Gasteiger partial charge >= 0.3 is 11.8 Å². The number of nitrogens with zero attached hydrogens (tertiary/aromatic N) is 1. The van der Waals surface area contributed by atoms with E-state index in [-0.39, 0.29) is 6.54 Å². The Kier molecular flexibility index (Phi) is 5.13. The van der Waals surface area contributed by atoms with Crippen molar-refractivity contribution in [3.63, 3.8) is 0 Å². The first kappa shape index (κ1) is 15.3. The van der Waals surface area contributed by atoms with Crippen molar-refractivity contribution in [2.45, 2.75) is 6.54 Å². The van der Waals surface area contributed by atoms with Gasteiger partial charge in [-0.25, -0.2) is 4.98 Å². The van der Waals surface area contributed by atoms with E-state index in [1.54, 1.807) is 23.6 Å². The molecule has 0 spiro atoms. The summed E-state index contributed by atoms with van der Waals surface area (Å²) in [6.07, 6.45) is 1.54. The van der Waals surface area contributed by atoms with Crippen molar-refractivity contribution in [2.75, 3.05) is 12.4 Å². The van der Waals surface area contributed by atoms with Gasteiger partial charge in [-0.3, -0.25) is 14.9 Å². The average molecular weight is 326 g/mol. The summed E-state index contributed by atoms with van der Waals surface area (Å²) >= 11 is 7.08. The summed E-state index contributed by atoms with van der Waals surface area (Å²) in [4.78, 5) is 27.2. The number of carbonyl (C=O) groups excluding carboxylic acids is 2. The van der Waals surface area contributed by atoms with Crippen LogP contribution in [0.2, 0.25) is 5.02 Å². The van der Waals surface area contributed by atoms with E-state index in [9.17, 15) is 9.59 Å². The zero-order valence-corrected chi connectivity index (χ0v) is 12.6. The molecule has 0 aliphatic heterocycles. The van der Waals surface area contributed by atoms with Crippen molar-refractivity contribution < 1.29 is 14.3 Å². The number of ether oxygens (including phenoxy) is 1. The third-order valence-electron chi connectivity index (χ3n) is 2.55. The largest absolute Gasteiger partial charge is 0.496 e. The number of hydrogen-bond donors (Lipinski definition) is 2. The van der Waals surface area contributed by atoms with E-state index in [4.69, 9.17) is 16.3 Å². The first-order valence-corrected chi connectivity index (χ1v) is 7.17. The number of nitrogens with one attached hydrogen (secondary N) is 2. The van der Waals surface area contributed by atoms with Gasteiger partial charge in [-0.05, 0) is 12.1 Å². The Morgan fingerprint density at radius 2 is 2.19 bits per heavy atom. The molecule has 1 aromatic carbocycles. The highest BCUT2D eigenvalue weighted by Crippen LogP contribution is 2.22. The van der Waals surface area contributed by atoms with Crippen molar-refractivity contribution >= 4 is 39.9 Å². The number of thiazole rings is 1. The van der Waals surface area contributed by atoms with Crippen molar-refractivity contribution in [1.82, 2.24) is 10.3 Å². The molecule has 6 nitrogen and oxygen atoms in total. The van der Waals surface area contributed by atoms with Crippen LogP contribution < -0.4 is 15.4 Å². The standard InChI is InChI=1S/C13H12ClN3O3S/c1-20-10-6-9(14)3-2-8(10)7-16-11(18)12(19)17-13-15-4-5-21-13/h2-6H,7H2,1H3,(H,16,18)(H,15,17,19). The molecule has 0 unspecified atom stereocenters. The molecule has 0 fully saturated rings. The van der Waals surface area contributed by atoms with Crippen LogP contribution >= 0.6 is 22.9 Å². The summed E-state index contributed by atoms with van der Waals surface area (Å²) < 4.78 is 5.16. The summed E-state index contributed by atoms with van der Waals surface area (Å²) in [5.74, 6) is -0.969. The van der Waals surface area contributed by atoms with Crippen LogP contribution in [0.25, 0.3) is 0 Å². The third kappa shape index (κ3) is 4.17. The summed E-state index contributed by atoms with van der Waals surface area (Å²) in [5.41, 5.74) is 0.720. The molecule has 110 valence electrons. The molecular weight excluding hydrogens is 314 g/mol. The van der Waals surface area contributed by atoms with Gasteiger partial charge in [-0.1, -0.05) is 17.7 Å². The zero-order chi connectivity index (χ0) is 15.2. The lowest BCUT2D eigenvalue weighted by Gasteiger charge is -2.09. The predicted octanol–water partition coefficient (Wildman–Crippen LogP) is 2.06. The van der Waals surface area contributed by atoms with Gasteiger partial charge in [0.1, 0.15) is 5.75 Å². The normalized spacial score (nSPS) is 10.0. The molecule has 21 heavy (non-hydrogen) atoms. The summed E-state index contributed by atoms with van der Waals surface area (Å²) in [5, 5.41) is 7.51. The summed E-state index contributed by atoms with van der Waals surface area (Å²) in [7, 11) is 1.51. The molecule has 2 rings (SSSR count). The van der Waals surface area contributed by atoms with Crippen LogP contribution in [0.3, 0.4) is 0 Å². The van der Waals surface area contributed by atoms with Gasteiger partial charge in [0, 0.05) is 28.7 Å². The van der Waals surface area contributed by atoms with Crippen LogP contribution in [0.4, 0.5) is 5.13 Å². The zero-order valence-electron chi connectivity index (χ0n) is 11.1. The minimum Gasteiger partial charge on any atom is -0.496 e. The number of anilines is 1. The van der Waals surface area contributed by atoms with E-state index >= 15 is 0 Å². The molecule has 8 heteroatoms. The fourth-order valence-corrected chi connectivity index (χ4v) is 2.25. The Morgan fingerprint density at radius 1 is 1.38 bits per heavy atom. The lowest BCUT2D eigenvalue weighted by Crippen LogP contribution is -2.35. The maximum Gasteiger partial charge on any atom is 0.315 e. The Labute approximate surface area is 130 Å². The van der Waals surface area contributed by atoms with Crippen molar-refractivity contribution in [1.29, 1.82) is 0 Å². The van der Waals surface area contributed by atoms with Crippen LogP contribution in [0.5, 0.6) is 5.75 Å². The number of aromatic nitrogens is 1. The average Bonchev–Trinajstić information content (AvgIpc) is 2.98. The number of benzene rings is 1. The van der Waals surface area contributed by atoms with Crippen molar-refractivity contribution in [3.05, 3.63) is 40.4 Å².